The van der Waals surface area contributed by atoms with Gasteiger partial charge in [-0.15, -0.1) is 0 Å². The Balaban J connectivity index is 1.89. The maximum absolute atomic E-state index is 11.9. The van der Waals surface area contributed by atoms with Gasteiger partial charge < -0.3 is 15.3 Å². The highest BCUT2D eigenvalue weighted by Gasteiger charge is 2.23. The van der Waals surface area contributed by atoms with E-state index < -0.39 is 0 Å². The normalized spacial score (nSPS) is 19.9. The summed E-state index contributed by atoms with van der Waals surface area (Å²) >= 11 is 0. The molecule has 1 amide bonds. The monoisotopic (exact) mass is 249 g/mol. The number of hydrogen-bond donors (Lipinski definition) is 2. The Morgan fingerprint density at radius 2 is 2.44 bits per heavy atom. The molecule has 1 saturated heterocycles. The summed E-state index contributed by atoms with van der Waals surface area (Å²) in [4.78, 5) is 18.1. The molecule has 2 heterocycles. The summed E-state index contributed by atoms with van der Waals surface area (Å²) in [5, 5.41) is 12.3. The van der Waals surface area contributed by atoms with E-state index in [-0.39, 0.29) is 17.7 Å². The molecule has 0 unspecified atom stereocenters. The van der Waals surface area contributed by atoms with Crippen molar-refractivity contribution in [3.05, 3.63) is 24.0 Å². The molecule has 1 aliphatic rings. The van der Waals surface area contributed by atoms with Crippen LogP contribution in [0, 0.1) is 0 Å². The first kappa shape index (κ1) is 12.8. The Labute approximate surface area is 107 Å². The smallest absolute Gasteiger partial charge is 0.253 e. The summed E-state index contributed by atoms with van der Waals surface area (Å²) in [6, 6.07) is 1.63. The Hall–Kier alpha value is -1.62. The molecule has 0 saturated carbocycles. The molecule has 1 atom stereocenters. The number of aromatic hydroxyl groups is 1. The standard InChI is InChI=1S/C13H19N3O2/c1-2-4-16-5-3-11(9-16)15-13(18)10-6-12(17)8-14-7-10/h6-8,11,17H,2-5,9H2,1H3,(H,15,18)/t11-/m1/s1. The lowest BCUT2D eigenvalue weighted by Gasteiger charge is -2.15. The highest BCUT2D eigenvalue weighted by Crippen LogP contribution is 2.12. The number of rotatable bonds is 4. The maximum Gasteiger partial charge on any atom is 0.253 e. The molecule has 98 valence electrons. The maximum atomic E-state index is 11.9. The first-order chi connectivity index (χ1) is 8.69. The van der Waals surface area contributed by atoms with E-state index in [2.05, 4.69) is 22.1 Å². The minimum Gasteiger partial charge on any atom is -0.506 e. The molecule has 0 spiro atoms. The molecule has 5 heteroatoms. The van der Waals surface area contributed by atoms with Crippen LogP contribution in [0.15, 0.2) is 18.5 Å². The van der Waals surface area contributed by atoms with Crippen LogP contribution in [0.5, 0.6) is 5.75 Å². The fourth-order valence-electron chi connectivity index (χ4n) is 2.29. The van der Waals surface area contributed by atoms with Gasteiger partial charge >= 0.3 is 0 Å². The molecular formula is C13H19N3O2. The van der Waals surface area contributed by atoms with Gasteiger partial charge in [-0.25, -0.2) is 0 Å². The molecule has 0 bridgehead atoms. The first-order valence-electron chi connectivity index (χ1n) is 6.36. The predicted octanol–water partition coefficient (Wildman–Crippen LogP) is 1.00. The van der Waals surface area contributed by atoms with Gasteiger partial charge in [-0.1, -0.05) is 6.92 Å². The fourth-order valence-corrected chi connectivity index (χ4v) is 2.29. The van der Waals surface area contributed by atoms with Crippen molar-refractivity contribution in [2.75, 3.05) is 19.6 Å². The quantitative estimate of drug-likeness (QED) is 0.835. The van der Waals surface area contributed by atoms with Gasteiger partial charge in [-0.2, -0.15) is 0 Å². The zero-order chi connectivity index (χ0) is 13.0. The summed E-state index contributed by atoms with van der Waals surface area (Å²) in [6.07, 6.45) is 4.90. The second-order valence-corrected chi connectivity index (χ2v) is 4.69. The zero-order valence-electron chi connectivity index (χ0n) is 10.6. The summed E-state index contributed by atoms with van der Waals surface area (Å²) in [6.45, 7) is 5.19. The van der Waals surface area contributed by atoms with Gasteiger partial charge in [0.05, 0.1) is 11.8 Å². The molecule has 18 heavy (non-hydrogen) atoms. The van der Waals surface area contributed by atoms with Crippen molar-refractivity contribution in [1.29, 1.82) is 0 Å². The van der Waals surface area contributed by atoms with Crippen LogP contribution in [-0.2, 0) is 0 Å². The van der Waals surface area contributed by atoms with E-state index in [1.165, 1.54) is 18.5 Å². The van der Waals surface area contributed by atoms with E-state index in [1.54, 1.807) is 0 Å². The molecule has 2 rings (SSSR count). The van der Waals surface area contributed by atoms with Crippen molar-refractivity contribution in [2.24, 2.45) is 0 Å². The van der Waals surface area contributed by atoms with Gasteiger partial charge in [0.15, 0.2) is 0 Å². The van der Waals surface area contributed by atoms with Gasteiger partial charge in [0.1, 0.15) is 5.75 Å². The van der Waals surface area contributed by atoms with Crippen molar-refractivity contribution in [3.8, 4) is 5.75 Å². The number of carbonyl (C=O) groups is 1. The third kappa shape index (κ3) is 3.20. The summed E-state index contributed by atoms with van der Waals surface area (Å²) in [5.74, 6) is -0.150. The number of hydrogen-bond acceptors (Lipinski definition) is 4. The molecule has 0 aromatic carbocycles. The number of pyridine rings is 1. The first-order valence-corrected chi connectivity index (χ1v) is 6.36. The molecule has 1 aromatic rings. The van der Waals surface area contributed by atoms with E-state index in [4.69, 9.17) is 0 Å². The van der Waals surface area contributed by atoms with Gasteiger partial charge in [-0.05, 0) is 25.5 Å². The van der Waals surface area contributed by atoms with E-state index in [9.17, 15) is 9.90 Å². The van der Waals surface area contributed by atoms with Crippen LogP contribution in [-0.4, -0.2) is 46.6 Å². The minimum absolute atomic E-state index is 0.0154. The lowest BCUT2D eigenvalue weighted by molar-refractivity contribution is 0.0937. The van der Waals surface area contributed by atoms with Crippen LogP contribution in [0.3, 0.4) is 0 Å². The van der Waals surface area contributed by atoms with Crippen LogP contribution >= 0.6 is 0 Å². The van der Waals surface area contributed by atoms with Crippen LogP contribution in [0.2, 0.25) is 0 Å². The number of aromatic nitrogens is 1. The summed E-state index contributed by atoms with van der Waals surface area (Å²) in [5.41, 5.74) is 0.406. The lowest BCUT2D eigenvalue weighted by atomic mass is 10.2. The topological polar surface area (TPSA) is 65.5 Å². The molecule has 0 aliphatic carbocycles. The van der Waals surface area contributed by atoms with E-state index in [0.717, 1.165) is 32.5 Å². The van der Waals surface area contributed by atoms with Crippen molar-refractivity contribution in [2.45, 2.75) is 25.8 Å². The molecule has 0 radical (unpaired) electrons. The molecular weight excluding hydrogens is 230 g/mol. The van der Waals surface area contributed by atoms with Crippen molar-refractivity contribution < 1.29 is 9.90 Å². The van der Waals surface area contributed by atoms with Gasteiger partial charge in [0, 0.05) is 25.3 Å². The summed E-state index contributed by atoms with van der Waals surface area (Å²) < 4.78 is 0. The van der Waals surface area contributed by atoms with Crippen molar-refractivity contribution in [1.82, 2.24) is 15.2 Å². The minimum atomic E-state index is -0.165. The van der Waals surface area contributed by atoms with E-state index >= 15 is 0 Å². The number of carbonyl (C=O) groups excluding carboxylic acids is 1. The Morgan fingerprint density at radius 1 is 1.61 bits per heavy atom. The Morgan fingerprint density at radius 3 is 3.17 bits per heavy atom. The molecule has 1 aromatic heterocycles. The second kappa shape index (κ2) is 5.82. The van der Waals surface area contributed by atoms with E-state index in [1.807, 2.05) is 0 Å². The SMILES string of the molecule is CCCN1CC[C@@H](NC(=O)c2cncc(O)c2)C1. The Kier molecular flexibility index (Phi) is 4.15. The summed E-state index contributed by atoms with van der Waals surface area (Å²) in [7, 11) is 0. The number of nitrogens with zero attached hydrogens (tertiary/aromatic N) is 2. The highest BCUT2D eigenvalue weighted by atomic mass is 16.3. The lowest BCUT2D eigenvalue weighted by Crippen LogP contribution is -2.37. The molecule has 5 nitrogen and oxygen atoms in total. The Bertz CT molecular complexity index is 422. The predicted molar refractivity (Wildman–Crippen MR) is 68.5 cm³/mol. The van der Waals surface area contributed by atoms with Gasteiger partial charge in [-0.3, -0.25) is 9.78 Å². The van der Waals surface area contributed by atoms with E-state index in [0.29, 0.717) is 5.56 Å². The van der Waals surface area contributed by atoms with Gasteiger partial charge in [0.2, 0.25) is 0 Å². The number of nitrogens with one attached hydrogen (secondary N) is 1. The molecule has 1 aliphatic heterocycles. The second-order valence-electron chi connectivity index (χ2n) is 4.69. The van der Waals surface area contributed by atoms with Crippen LogP contribution in [0.1, 0.15) is 30.1 Å². The fraction of sp³-hybridized carbons (Fsp3) is 0.538. The van der Waals surface area contributed by atoms with Crippen LogP contribution in [0.25, 0.3) is 0 Å². The van der Waals surface area contributed by atoms with Crippen LogP contribution < -0.4 is 5.32 Å². The average Bonchev–Trinajstić information content (AvgIpc) is 2.77. The molecule has 1 fully saturated rings. The van der Waals surface area contributed by atoms with Crippen molar-refractivity contribution >= 4 is 5.91 Å². The number of amides is 1. The van der Waals surface area contributed by atoms with Crippen LogP contribution in [0.4, 0.5) is 0 Å². The van der Waals surface area contributed by atoms with Crippen molar-refractivity contribution in [3.63, 3.8) is 0 Å². The third-order valence-electron chi connectivity index (χ3n) is 3.13. The average molecular weight is 249 g/mol. The zero-order valence-corrected chi connectivity index (χ0v) is 10.6. The van der Waals surface area contributed by atoms with Gasteiger partial charge in [0.25, 0.3) is 5.91 Å². The largest absolute Gasteiger partial charge is 0.506 e. The highest BCUT2D eigenvalue weighted by molar-refractivity contribution is 5.94. The number of likely N-dealkylation sites (tertiary alicyclic amines) is 1. The molecule has 2 N–H and O–H groups in total. The third-order valence-corrected chi connectivity index (χ3v) is 3.13.